The maximum Gasteiger partial charge on any atom is 0.227 e. The highest BCUT2D eigenvalue weighted by Crippen LogP contribution is 1.95. The second kappa shape index (κ2) is 4.71. The van der Waals surface area contributed by atoms with Gasteiger partial charge in [-0.2, -0.15) is 5.10 Å². The van der Waals surface area contributed by atoms with E-state index in [9.17, 15) is 4.79 Å². The molecule has 1 rings (SSSR count). The summed E-state index contributed by atoms with van der Waals surface area (Å²) < 4.78 is 1.70. The van der Waals surface area contributed by atoms with Gasteiger partial charge in [0.05, 0.1) is 23.6 Å². The normalized spacial score (nSPS) is 9.79. The Morgan fingerprint density at radius 1 is 1.79 bits per heavy atom. The van der Waals surface area contributed by atoms with E-state index in [1.807, 2.05) is 13.1 Å². The minimum atomic E-state index is -0.168. The summed E-state index contributed by atoms with van der Waals surface area (Å²) in [5, 5.41) is 6.66. The van der Waals surface area contributed by atoms with E-state index in [0.717, 1.165) is 5.69 Å². The van der Waals surface area contributed by atoms with Gasteiger partial charge in [0, 0.05) is 13.2 Å². The van der Waals surface area contributed by atoms with Crippen molar-refractivity contribution in [3.63, 3.8) is 0 Å². The largest absolute Gasteiger partial charge is 0.393 e. The van der Waals surface area contributed by atoms with Crippen molar-refractivity contribution in [2.24, 2.45) is 12.8 Å². The van der Waals surface area contributed by atoms with Crippen molar-refractivity contribution in [1.82, 2.24) is 15.1 Å². The van der Waals surface area contributed by atoms with Crippen molar-refractivity contribution in [3.8, 4) is 0 Å². The van der Waals surface area contributed by atoms with Gasteiger partial charge in [-0.15, -0.1) is 0 Å². The Hall–Kier alpha value is -1.43. The van der Waals surface area contributed by atoms with Crippen LogP contribution in [-0.4, -0.2) is 20.7 Å². The van der Waals surface area contributed by atoms with Gasteiger partial charge in [-0.3, -0.25) is 9.48 Å². The first kappa shape index (κ1) is 10.6. The van der Waals surface area contributed by atoms with E-state index in [2.05, 4.69) is 22.6 Å². The predicted molar refractivity (Wildman–Crippen MR) is 56.5 cm³/mol. The summed E-state index contributed by atoms with van der Waals surface area (Å²) in [6.45, 7) is 0.442. The lowest BCUT2D eigenvalue weighted by atomic mass is 10.3. The first-order chi connectivity index (χ1) is 6.59. The molecule has 1 aromatic heterocycles. The summed E-state index contributed by atoms with van der Waals surface area (Å²) in [5.41, 5.74) is 6.16. The quantitative estimate of drug-likeness (QED) is 0.673. The van der Waals surface area contributed by atoms with Gasteiger partial charge in [-0.25, -0.2) is 0 Å². The number of hydrogen-bond acceptors (Lipinski definition) is 3. The molecule has 0 saturated heterocycles. The number of nitrogens with one attached hydrogen (secondary N) is 1. The first-order valence-electron chi connectivity index (χ1n) is 4.11. The highest BCUT2D eigenvalue weighted by Gasteiger charge is 2.04. The van der Waals surface area contributed by atoms with Gasteiger partial charge < -0.3 is 11.1 Å². The summed E-state index contributed by atoms with van der Waals surface area (Å²) in [7, 11) is 1.81. The fraction of sp³-hybridized carbons (Fsp3) is 0.375. The number of thiocarbonyl (C=S) groups is 1. The average molecular weight is 212 g/mol. The minimum Gasteiger partial charge on any atom is -0.393 e. The van der Waals surface area contributed by atoms with Crippen LogP contribution in [0.2, 0.25) is 0 Å². The number of carbonyl (C=O) groups excluding carboxylic acids is 1. The van der Waals surface area contributed by atoms with Gasteiger partial charge in [0.2, 0.25) is 5.91 Å². The molecular formula is C8H12N4OS. The summed E-state index contributed by atoms with van der Waals surface area (Å²) in [6.07, 6.45) is 1.77. The first-order valence-corrected chi connectivity index (χ1v) is 4.52. The lowest BCUT2D eigenvalue weighted by Crippen LogP contribution is -2.27. The van der Waals surface area contributed by atoms with Gasteiger partial charge in [-0.05, 0) is 6.07 Å². The molecule has 5 nitrogen and oxygen atoms in total. The predicted octanol–water partition coefficient (Wildman–Crippen LogP) is -0.287. The molecule has 1 aromatic rings. The molecule has 3 N–H and O–H groups in total. The molecule has 0 bridgehead atoms. The second-order valence-corrected chi connectivity index (χ2v) is 3.39. The number of nitrogens with zero attached hydrogens (tertiary/aromatic N) is 2. The number of amides is 1. The van der Waals surface area contributed by atoms with Gasteiger partial charge in [0.15, 0.2) is 0 Å². The monoisotopic (exact) mass is 212 g/mol. The van der Waals surface area contributed by atoms with Crippen LogP contribution in [0.15, 0.2) is 12.3 Å². The Morgan fingerprint density at radius 3 is 3.00 bits per heavy atom. The van der Waals surface area contributed by atoms with E-state index in [1.54, 1.807) is 10.9 Å². The summed E-state index contributed by atoms with van der Waals surface area (Å²) >= 11 is 4.61. The molecule has 0 aliphatic rings. The third kappa shape index (κ3) is 3.14. The molecule has 0 atom stereocenters. The van der Waals surface area contributed by atoms with Crippen molar-refractivity contribution in [2.75, 3.05) is 0 Å². The van der Waals surface area contributed by atoms with Crippen LogP contribution in [0, 0.1) is 0 Å². The zero-order valence-electron chi connectivity index (χ0n) is 7.86. The number of nitrogens with two attached hydrogens (primary N) is 1. The summed E-state index contributed by atoms with van der Waals surface area (Å²) in [6, 6.07) is 1.83. The molecule has 0 fully saturated rings. The number of aryl methyl sites for hydroxylation is 1. The van der Waals surface area contributed by atoms with E-state index in [0.29, 0.717) is 6.54 Å². The molecule has 0 aliphatic carbocycles. The van der Waals surface area contributed by atoms with Gasteiger partial charge in [0.25, 0.3) is 0 Å². The maximum absolute atomic E-state index is 11.2. The zero-order chi connectivity index (χ0) is 10.6. The van der Waals surface area contributed by atoms with E-state index in [-0.39, 0.29) is 17.3 Å². The van der Waals surface area contributed by atoms with Gasteiger partial charge in [-0.1, -0.05) is 12.2 Å². The molecule has 0 aromatic carbocycles. The lowest BCUT2D eigenvalue weighted by molar-refractivity contribution is -0.120. The van der Waals surface area contributed by atoms with Crippen LogP contribution in [0.4, 0.5) is 0 Å². The van der Waals surface area contributed by atoms with Crippen molar-refractivity contribution in [2.45, 2.75) is 13.0 Å². The van der Waals surface area contributed by atoms with Crippen molar-refractivity contribution in [3.05, 3.63) is 18.0 Å². The van der Waals surface area contributed by atoms with E-state index >= 15 is 0 Å². The van der Waals surface area contributed by atoms with E-state index < -0.39 is 0 Å². The minimum absolute atomic E-state index is 0.0905. The SMILES string of the molecule is Cn1nccc1CNC(=O)CC(N)=S. The Labute approximate surface area is 87.3 Å². The number of hydrogen-bond donors (Lipinski definition) is 2. The highest BCUT2D eigenvalue weighted by molar-refractivity contribution is 7.80. The Balaban J connectivity index is 2.38. The van der Waals surface area contributed by atoms with Crippen LogP contribution in [0.1, 0.15) is 12.1 Å². The van der Waals surface area contributed by atoms with Crippen molar-refractivity contribution < 1.29 is 4.79 Å². The molecule has 76 valence electrons. The van der Waals surface area contributed by atoms with Crippen LogP contribution in [0.25, 0.3) is 0 Å². The smallest absolute Gasteiger partial charge is 0.227 e. The van der Waals surface area contributed by atoms with E-state index in [1.165, 1.54) is 0 Å². The highest BCUT2D eigenvalue weighted by atomic mass is 32.1. The molecule has 0 unspecified atom stereocenters. The van der Waals surface area contributed by atoms with Crippen LogP contribution in [0.3, 0.4) is 0 Å². The third-order valence-electron chi connectivity index (χ3n) is 1.72. The Morgan fingerprint density at radius 2 is 2.50 bits per heavy atom. The maximum atomic E-state index is 11.2. The van der Waals surface area contributed by atoms with E-state index in [4.69, 9.17) is 5.73 Å². The van der Waals surface area contributed by atoms with Crippen molar-refractivity contribution >= 4 is 23.1 Å². The lowest BCUT2D eigenvalue weighted by Gasteiger charge is -2.04. The summed E-state index contributed by atoms with van der Waals surface area (Å²) in [5.74, 6) is -0.168. The fourth-order valence-electron chi connectivity index (χ4n) is 0.985. The standard InChI is InChI=1S/C8H12N4OS/c1-12-6(2-3-11-12)5-10-8(13)4-7(9)14/h2-3H,4-5H2,1H3,(H2,9,14)(H,10,13). The molecule has 1 heterocycles. The second-order valence-electron chi connectivity index (χ2n) is 2.87. The van der Waals surface area contributed by atoms with Gasteiger partial charge in [0.1, 0.15) is 0 Å². The van der Waals surface area contributed by atoms with Crippen molar-refractivity contribution in [1.29, 1.82) is 0 Å². The van der Waals surface area contributed by atoms with Crippen LogP contribution >= 0.6 is 12.2 Å². The van der Waals surface area contributed by atoms with Crippen LogP contribution in [0.5, 0.6) is 0 Å². The molecule has 0 spiro atoms. The Kier molecular flexibility index (Phi) is 3.58. The zero-order valence-corrected chi connectivity index (χ0v) is 8.67. The molecule has 0 radical (unpaired) electrons. The molecule has 1 amide bonds. The van der Waals surface area contributed by atoms with Crippen LogP contribution in [-0.2, 0) is 18.4 Å². The number of rotatable bonds is 4. The molecule has 6 heteroatoms. The third-order valence-corrected chi connectivity index (χ3v) is 1.87. The molecule has 0 saturated carbocycles. The number of aromatic nitrogens is 2. The van der Waals surface area contributed by atoms with Gasteiger partial charge >= 0.3 is 0 Å². The van der Waals surface area contributed by atoms with Crippen LogP contribution < -0.4 is 11.1 Å². The Bertz CT molecular complexity index is 347. The topological polar surface area (TPSA) is 72.9 Å². The number of carbonyl (C=O) groups is 1. The average Bonchev–Trinajstić information content (AvgIpc) is 2.46. The molecular weight excluding hydrogens is 200 g/mol. The molecule has 0 aliphatic heterocycles. The fourth-order valence-corrected chi connectivity index (χ4v) is 1.12. The summed E-state index contributed by atoms with van der Waals surface area (Å²) in [4.78, 5) is 11.4. The molecule has 14 heavy (non-hydrogen) atoms.